The van der Waals surface area contributed by atoms with Crippen LogP contribution in [0.3, 0.4) is 0 Å². The van der Waals surface area contributed by atoms with Crippen LogP contribution in [0.2, 0.25) is 5.35 Å². The zero-order chi connectivity index (χ0) is 9.42. The number of nitro groups is 1. The highest BCUT2D eigenvalue weighted by Crippen LogP contribution is 2.26. The van der Waals surface area contributed by atoms with Gasteiger partial charge in [0, 0.05) is 6.07 Å². The standard InChI is InChI=1S/C7H3ClN2O3/c8-7-9-6-4(10(11)12)2-1-3-5(6)13-7/h1-3H. The summed E-state index contributed by atoms with van der Waals surface area (Å²) in [5.74, 6) is 0. The van der Waals surface area contributed by atoms with E-state index in [0.717, 1.165) is 0 Å². The first kappa shape index (κ1) is 8.00. The van der Waals surface area contributed by atoms with Crippen LogP contribution in [-0.2, 0) is 0 Å². The van der Waals surface area contributed by atoms with Crippen molar-refractivity contribution in [3.63, 3.8) is 0 Å². The van der Waals surface area contributed by atoms with Gasteiger partial charge in [0.05, 0.1) is 4.92 Å². The number of hydrogen-bond donors (Lipinski definition) is 0. The zero-order valence-electron chi connectivity index (χ0n) is 6.23. The maximum atomic E-state index is 10.5. The van der Waals surface area contributed by atoms with E-state index in [0.29, 0.717) is 5.58 Å². The normalized spacial score (nSPS) is 10.5. The Kier molecular flexibility index (Phi) is 1.66. The average molecular weight is 199 g/mol. The second kappa shape index (κ2) is 2.70. The van der Waals surface area contributed by atoms with E-state index in [9.17, 15) is 10.1 Å². The number of fused-ring (bicyclic) bond motifs is 1. The maximum Gasteiger partial charge on any atom is 0.298 e. The average Bonchev–Trinajstić information content (AvgIpc) is 2.43. The van der Waals surface area contributed by atoms with Gasteiger partial charge < -0.3 is 4.42 Å². The van der Waals surface area contributed by atoms with Gasteiger partial charge in [0.2, 0.25) is 0 Å². The minimum Gasteiger partial charge on any atom is -0.427 e. The van der Waals surface area contributed by atoms with Crippen LogP contribution < -0.4 is 0 Å². The molecule has 0 N–H and O–H groups in total. The molecule has 2 rings (SSSR count). The molecular formula is C7H3ClN2O3. The third-order valence-corrected chi connectivity index (χ3v) is 1.73. The highest BCUT2D eigenvalue weighted by atomic mass is 35.5. The van der Waals surface area contributed by atoms with Gasteiger partial charge in [0.25, 0.3) is 11.0 Å². The molecule has 0 bridgehead atoms. The van der Waals surface area contributed by atoms with E-state index in [1.165, 1.54) is 12.1 Å². The Hall–Kier alpha value is -1.62. The molecule has 1 aromatic carbocycles. The summed E-state index contributed by atoms with van der Waals surface area (Å²) in [5.41, 5.74) is 0.393. The fraction of sp³-hybridized carbons (Fsp3) is 0. The first-order chi connectivity index (χ1) is 6.18. The number of nitro benzene ring substituents is 1. The fourth-order valence-corrected chi connectivity index (χ4v) is 1.22. The molecule has 13 heavy (non-hydrogen) atoms. The van der Waals surface area contributed by atoms with Gasteiger partial charge in [-0.05, 0) is 17.7 Å². The number of nitrogens with zero attached hydrogens (tertiary/aromatic N) is 2. The minimum atomic E-state index is -0.527. The quantitative estimate of drug-likeness (QED) is 0.521. The molecule has 1 heterocycles. The van der Waals surface area contributed by atoms with Crippen molar-refractivity contribution in [3.8, 4) is 0 Å². The van der Waals surface area contributed by atoms with E-state index < -0.39 is 4.92 Å². The highest BCUT2D eigenvalue weighted by Gasteiger charge is 2.15. The van der Waals surface area contributed by atoms with Crippen molar-refractivity contribution in [2.24, 2.45) is 0 Å². The molecule has 6 heteroatoms. The second-order valence-corrected chi connectivity index (χ2v) is 2.67. The van der Waals surface area contributed by atoms with E-state index >= 15 is 0 Å². The molecule has 0 amide bonds. The fourth-order valence-electron chi connectivity index (χ4n) is 1.05. The minimum absolute atomic E-state index is 0.0932. The van der Waals surface area contributed by atoms with E-state index in [2.05, 4.69) is 4.98 Å². The van der Waals surface area contributed by atoms with Gasteiger partial charge in [0.15, 0.2) is 11.1 Å². The molecule has 0 aliphatic carbocycles. The molecule has 0 saturated carbocycles. The van der Waals surface area contributed by atoms with Crippen LogP contribution in [-0.4, -0.2) is 9.91 Å². The molecule has 2 aromatic rings. The Labute approximate surface area is 77.1 Å². The lowest BCUT2D eigenvalue weighted by Crippen LogP contribution is -1.88. The summed E-state index contributed by atoms with van der Waals surface area (Å²) in [7, 11) is 0. The van der Waals surface area contributed by atoms with Gasteiger partial charge in [-0.25, -0.2) is 0 Å². The van der Waals surface area contributed by atoms with E-state index in [1.54, 1.807) is 6.07 Å². The summed E-state index contributed by atoms with van der Waals surface area (Å²) in [4.78, 5) is 13.7. The van der Waals surface area contributed by atoms with Crippen molar-refractivity contribution in [3.05, 3.63) is 33.7 Å². The first-order valence-electron chi connectivity index (χ1n) is 3.38. The largest absolute Gasteiger partial charge is 0.427 e. The molecule has 66 valence electrons. The first-order valence-corrected chi connectivity index (χ1v) is 3.76. The summed E-state index contributed by atoms with van der Waals surface area (Å²) >= 11 is 5.46. The predicted octanol–water partition coefficient (Wildman–Crippen LogP) is 2.39. The predicted molar refractivity (Wildman–Crippen MR) is 45.7 cm³/mol. The summed E-state index contributed by atoms with van der Waals surface area (Å²) in [6, 6.07) is 4.43. The summed E-state index contributed by atoms with van der Waals surface area (Å²) in [6.07, 6.45) is 0. The van der Waals surface area contributed by atoms with Crippen molar-refractivity contribution < 1.29 is 9.34 Å². The molecule has 0 unspecified atom stereocenters. The summed E-state index contributed by atoms with van der Waals surface area (Å²) < 4.78 is 4.91. The van der Waals surface area contributed by atoms with Gasteiger partial charge in [-0.15, -0.1) is 0 Å². The summed E-state index contributed by atoms with van der Waals surface area (Å²) in [6.45, 7) is 0. The van der Waals surface area contributed by atoms with Crippen LogP contribution in [0, 0.1) is 10.1 Å². The molecule has 0 spiro atoms. The van der Waals surface area contributed by atoms with Crippen LogP contribution >= 0.6 is 11.6 Å². The van der Waals surface area contributed by atoms with Crippen LogP contribution in [0.1, 0.15) is 0 Å². The van der Waals surface area contributed by atoms with Gasteiger partial charge in [-0.2, -0.15) is 4.98 Å². The third kappa shape index (κ3) is 1.23. The van der Waals surface area contributed by atoms with E-state index in [4.69, 9.17) is 16.0 Å². The molecule has 5 nitrogen and oxygen atoms in total. The number of hydrogen-bond acceptors (Lipinski definition) is 4. The van der Waals surface area contributed by atoms with Crippen LogP contribution in [0.5, 0.6) is 0 Å². The topological polar surface area (TPSA) is 69.2 Å². The van der Waals surface area contributed by atoms with Crippen molar-refractivity contribution in [2.45, 2.75) is 0 Å². The molecule has 0 aliphatic heterocycles. The summed E-state index contributed by atoms with van der Waals surface area (Å²) in [5, 5.41) is 10.4. The molecule has 0 fully saturated rings. The lowest BCUT2D eigenvalue weighted by Gasteiger charge is -1.88. The smallest absolute Gasteiger partial charge is 0.298 e. The number of benzene rings is 1. The number of non-ortho nitro benzene ring substituents is 1. The number of aromatic nitrogens is 1. The Bertz CT molecular complexity index is 480. The molecule has 0 saturated heterocycles. The molecule has 0 aliphatic rings. The van der Waals surface area contributed by atoms with Gasteiger partial charge in [-0.3, -0.25) is 10.1 Å². The molecule has 0 atom stereocenters. The number of halogens is 1. The second-order valence-electron chi connectivity index (χ2n) is 2.35. The van der Waals surface area contributed by atoms with Crippen molar-refractivity contribution in [2.75, 3.05) is 0 Å². The zero-order valence-corrected chi connectivity index (χ0v) is 6.99. The number of rotatable bonds is 1. The Morgan fingerprint density at radius 1 is 1.54 bits per heavy atom. The van der Waals surface area contributed by atoms with Gasteiger partial charge in [-0.1, -0.05) is 6.07 Å². The van der Waals surface area contributed by atoms with Gasteiger partial charge >= 0.3 is 0 Å². The van der Waals surface area contributed by atoms with Crippen molar-refractivity contribution >= 4 is 28.4 Å². The SMILES string of the molecule is O=[N+]([O-])c1cccc2oc(Cl)nc12. The van der Waals surface area contributed by atoms with Crippen molar-refractivity contribution in [1.29, 1.82) is 0 Å². The highest BCUT2D eigenvalue weighted by molar-refractivity contribution is 6.28. The van der Waals surface area contributed by atoms with E-state index in [-0.39, 0.29) is 16.6 Å². The maximum absolute atomic E-state index is 10.5. The monoisotopic (exact) mass is 198 g/mol. The van der Waals surface area contributed by atoms with Crippen LogP contribution in [0.15, 0.2) is 22.6 Å². The Morgan fingerprint density at radius 2 is 2.31 bits per heavy atom. The third-order valence-electron chi connectivity index (χ3n) is 1.57. The van der Waals surface area contributed by atoms with Crippen LogP contribution in [0.4, 0.5) is 5.69 Å². The lowest BCUT2D eigenvalue weighted by molar-refractivity contribution is -0.383. The van der Waals surface area contributed by atoms with Crippen molar-refractivity contribution in [1.82, 2.24) is 4.98 Å². The molecule has 1 aromatic heterocycles. The molecular weight excluding hydrogens is 196 g/mol. The molecule has 0 radical (unpaired) electrons. The van der Waals surface area contributed by atoms with E-state index in [1.807, 2.05) is 0 Å². The Balaban J connectivity index is 2.82. The van der Waals surface area contributed by atoms with Crippen LogP contribution in [0.25, 0.3) is 11.1 Å². The number of oxazole rings is 1. The number of para-hydroxylation sites is 1. The lowest BCUT2D eigenvalue weighted by atomic mass is 10.3. The van der Waals surface area contributed by atoms with Gasteiger partial charge in [0.1, 0.15) is 0 Å². The Morgan fingerprint density at radius 3 is 3.00 bits per heavy atom.